The summed E-state index contributed by atoms with van der Waals surface area (Å²) < 4.78 is 0.891. The predicted molar refractivity (Wildman–Crippen MR) is 60.9 cm³/mol. The average molecular weight is 274 g/mol. The van der Waals surface area contributed by atoms with Crippen LogP contribution in [0.5, 0.6) is 0 Å². The van der Waals surface area contributed by atoms with E-state index in [2.05, 4.69) is 21.2 Å². The lowest BCUT2D eigenvalue weighted by molar-refractivity contribution is -0.155. The zero-order chi connectivity index (χ0) is 11.5. The van der Waals surface area contributed by atoms with Crippen LogP contribution in [0.3, 0.4) is 0 Å². The van der Waals surface area contributed by atoms with E-state index in [0.29, 0.717) is 0 Å². The maximum Gasteiger partial charge on any atom is 0.337 e. The third kappa shape index (κ3) is 3.53. The summed E-state index contributed by atoms with van der Waals surface area (Å²) in [6.07, 6.45) is 0. The van der Waals surface area contributed by atoms with Gasteiger partial charge in [0.25, 0.3) is 0 Å². The molecule has 4 nitrogen and oxygen atoms in total. The molecular weight excluding hydrogens is 262 g/mol. The first-order chi connectivity index (χ1) is 6.92. The van der Waals surface area contributed by atoms with Crippen molar-refractivity contribution in [2.24, 2.45) is 0 Å². The highest BCUT2D eigenvalue weighted by molar-refractivity contribution is 9.10. The molecule has 0 spiro atoms. The number of hydrogen-bond acceptors (Lipinski definition) is 3. The van der Waals surface area contributed by atoms with Crippen LogP contribution < -0.4 is 5.32 Å². The number of carboxylic acids is 1. The summed E-state index contributed by atoms with van der Waals surface area (Å²) in [5.41, 5.74) is -1.01. The molecule has 0 heterocycles. The molecule has 0 aromatic heterocycles. The Bertz CT molecular complexity index is 365. The Morgan fingerprint density at radius 3 is 2.80 bits per heavy atom. The summed E-state index contributed by atoms with van der Waals surface area (Å²) in [6.45, 7) is 1.21. The van der Waals surface area contributed by atoms with E-state index >= 15 is 0 Å². The van der Waals surface area contributed by atoms with Gasteiger partial charge in [0, 0.05) is 10.2 Å². The van der Waals surface area contributed by atoms with Gasteiger partial charge in [0.05, 0.1) is 6.54 Å². The van der Waals surface area contributed by atoms with Crippen molar-refractivity contribution in [3.63, 3.8) is 0 Å². The number of aliphatic carboxylic acids is 1. The fraction of sp³-hybridized carbons (Fsp3) is 0.300. The molecule has 1 aromatic rings. The number of benzene rings is 1. The van der Waals surface area contributed by atoms with Crippen LogP contribution in [-0.2, 0) is 4.79 Å². The van der Waals surface area contributed by atoms with Gasteiger partial charge in [-0.2, -0.15) is 0 Å². The van der Waals surface area contributed by atoms with E-state index < -0.39 is 11.6 Å². The lowest BCUT2D eigenvalue weighted by atomic mass is 10.1. The molecule has 1 atom stereocenters. The van der Waals surface area contributed by atoms with Crippen LogP contribution in [-0.4, -0.2) is 28.3 Å². The summed E-state index contributed by atoms with van der Waals surface area (Å²) in [7, 11) is 0. The molecule has 0 fully saturated rings. The van der Waals surface area contributed by atoms with Crippen molar-refractivity contribution in [2.45, 2.75) is 12.5 Å². The quantitative estimate of drug-likeness (QED) is 0.781. The fourth-order valence-electron chi connectivity index (χ4n) is 0.948. The second-order valence-electron chi connectivity index (χ2n) is 3.44. The van der Waals surface area contributed by atoms with Crippen LogP contribution >= 0.6 is 15.9 Å². The highest BCUT2D eigenvalue weighted by Gasteiger charge is 2.29. The van der Waals surface area contributed by atoms with Gasteiger partial charge in [-0.3, -0.25) is 0 Å². The fourth-order valence-corrected chi connectivity index (χ4v) is 1.35. The molecule has 0 amide bonds. The van der Waals surface area contributed by atoms with Crippen LogP contribution in [0.2, 0.25) is 0 Å². The van der Waals surface area contributed by atoms with E-state index in [1.165, 1.54) is 6.92 Å². The SMILES string of the molecule is CC(O)(CNc1cccc(Br)c1)C(=O)O. The number of aliphatic hydroxyl groups is 1. The van der Waals surface area contributed by atoms with Gasteiger partial charge < -0.3 is 15.5 Å². The van der Waals surface area contributed by atoms with Gasteiger partial charge in [-0.15, -0.1) is 0 Å². The Balaban J connectivity index is 2.61. The average Bonchev–Trinajstić information content (AvgIpc) is 2.15. The van der Waals surface area contributed by atoms with Gasteiger partial charge in [-0.25, -0.2) is 4.79 Å². The van der Waals surface area contributed by atoms with Crippen LogP contribution in [0.25, 0.3) is 0 Å². The molecule has 82 valence electrons. The minimum Gasteiger partial charge on any atom is -0.479 e. The van der Waals surface area contributed by atoms with E-state index in [9.17, 15) is 9.90 Å². The number of hydrogen-bond donors (Lipinski definition) is 3. The predicted octanol–water partition coefficient (Wildman–Crippen LogP) is 1.70. The first-order valence-corrected chi connectivity index (χ1v) is 5.16. The molecule has 0 saturated heterocycles. The van der Waals surface area contributed by atoms with Gasteiger partial charge in [0.15, 0.2) is 5.60 Å². The van der Waals surface area contributed by atoms with Crippen molar-refractivity contribution >= 4 is 27.6 Å². The van der Waals surface area contributed by atoms with Crippen molar-refractivity contribution in [3.8, 4) is 0 Å². The molecule has 0 bridgehead atoms. The molecule has 0 aliphatic carbocycles. The summed E-state index contributed by atoms with van der Waals surface area (Å²) >= 11 is 3.29. The van der Waals surface area contributed by atoms with Crippen LogP contribution in [0, 0.1) is 0 Å². The van der Waals surface area contributed by atoms with Crippen molar-refractivity contribution in [1.82, 2.24) is 0 Å². The number of anilines is 1. The van der Waals surface area contributed by atoms with Crippen molar-refractivity contribution in [2.75, 3.05) is 11.9 Å². The maximum absolute atomic E-state index is 10.6. The summed E-state index contributed by atoms with van der Waals surface area (Å²) in [4.78, 5) is 10.6. The minimum absolute atomic E-state index is 0.0429. The van der Waals surface area contributed by atoms with E-state index in [0.717, 1.165) is 10.2 Å². The Labute approximate surface area is 96.1 Å². The molecule has 0 aliphatic rings. The maximum atomic E-state index is 10.6. The molecule has 1 unspecified atom stereocenters. The van der Waals surface area contributed by atoms with Crippen molar-refractivity contribution < 1.29 is 15.0 Å². The standard InChI is InChI=1S/C10H12BrNO3/c1-10(15,9(13)14)6-12-8-4-2-3-7(11)5-8/h2-5,12,15H,6H2,1H3,(H,13,14). The lowest BCUT2D eigenvalue weighted by Gasteiger charge is -2.19. The van der Waals surface area contributed by atoms with Crippen molar-refractivity contribution in [1.29, 1.82) is 0 Å². The molecule has 0 aliphatic heterocycles. The Morgan fingerprint density at radius 1 is 1.60 bits per heavy atom. The molecule has 5 heteroatoms. The monoisotopic (exact) mass is 273 g/mol. The minimum atomic E-state index is -1.76. The Morgan fingerprint density at radius 2 is 2.27 bits per heavy atom. The highest BCUT2D eigenvalue weighted by Crippen LogP contribution is 2.16. The Hall–Kier alpha value is -1.07. The summed E-state index contributed by atoms with van der Waals surface area (Å²) in [5, 5.41) is 21.0. The van der Waals surface area contributed by atoms with Gasteiger partial charge in [-0.05, 0) is 25.1 Å². The third-order valence-corrected chi connectivity index (χ3v) is 2.42. The summed E-state index contributed by atoms with van der Waals surface area (Å²) in [5.74, 6) is -1.25. The van der Waals surface area contributed by atoms with Gasteiger partial charge >= 0.3 is 5.97 Å². The number of halogens is 1. The van der Waals surface area contributed by atoms with E-state index in [1.807, 2.05) is 12.1 Å². The topological polar surface area (TPSA) is 69.6 Å². The first-order valence-electron chi connectivity index (χ1n) is 4.37. The lowest BCUT2D eigenvalue weighted by Crippen LogP contribution is -2.41. The molecule has 1 rings (SSSR count). The number of carbonyl (C=O) groups is 1. The molecule has 3 N–H and O–H groups in total. The molecular formula is C10H12BrNO3. The molecule has 15 heavy (non-hydrogen) atoms. The second kappa shape index (κ2) is 4.63. The van der Waals surface area contributed by atoms with E-state index in [4.69, 9.17) is 5.11 Å². The van der Waals surface area contributed by atoms with Gasteiger partial charge in [0.1, 0.15) is 0 Å². The first kappa shape index (κ1) is 12.0. The normalized spacial score (nSPS) is 14.3. The zero-order valence-corrected chi connectivity index (χ0v) is 9.78. The third-order valence-electron chi connectivity index (χ3n) is 1.92. The van der Waals surface area contributed by atoms with Crippen molar-refractivity contribution in [3.05, 3.63) is 28.7 Å². The number of nitrogens with one attached hydrogen (secondary N) is 1. The summed E-state index contributed by atoms with van der Waals surface area (Å²) in [6, 6.07) is 7.28. The Kier molecular flexibility index (Phi) is 3.71. The van der Waals surface area contributed by atoms with E-state index in [1.54, 1.807) is 12.1 Å². The smallest absolute Gasteiger partial charge is 0.337 e. The number of carboxylic acid groups (broad SMARTS) is 1. The molecule has 1 aromatic carbocycles. The van der Waals surface area contributed by atoms with Crippen LogP contribution in [0.15, 0.2) is 28.7 Å². The zero-order valence-electron chi connectivity index (χ0n) is 8.20. The molecule has 0 radical (unpaired) electrons. The molecule has 0 saturated carbocycles. The van der Waals surface area contributed by atoms with Crippen LogP contribution in [0.4, 0.5) is 5.69 Å². The van der Waals surface area contributed by atoms with Gasteiger partial charge in [-0.1, -0.05) is 22.0 Å². The highest BCUT2D eigenvalue weighted by atomic mass is 79.9. The largest absolute Gasteiger partial charge is 0.479 e. The number of rotatable bonds is 4. The van der Waals surface area contributed by atoms with E-state index in [-0.39, 0.29) is 6.54 Å². The van der Waals surface area contributed by atoms with Crippen LogP contribution in [0.1, 0.15) is 6.92 Å². The second-order valence-corrected chi connectivity index (χ2v) is 4.36. The van der Waals surface area contributed by atoms with Gasteiger partial charge in [0.2, 0.25) is 0 Å².